The zero-order chi connectivity index (χ0) is 14.1. The molecule has 0 saturated heterocycles. The molecule has 0 aliphatic carbocycles. The van der Waals surface area contributed by atoms with E-state index in [1.54, 1.807) is 18.4 Å². The first kappa shape index (κ1) is 12.7. The summed E-state index contributed by atoms with van der Waals surface area (Å²) in [7, 11) is 1.65. The van der Waals surface area contributed by atoms with Gasteiger partial charge in [0.15, 0.2) is 0 Å². The molecule has 0 saturated carbocycles. The van der Waals surface area contributed by atoms with Crippen molar-refractivity contribution in [3.63, 3.8) is 0 Å². The van der Waals surface area contributed by atoms with Gasteiger partial charge < -0.3 is 15.8 Å². The average molecular weight is 285 g/mol. The van der Waals surface area contributed by atoms with Gasteiger partial charge in [-0.15, -0.1) is 11.3 Å². The summed E-state index contributed by atoms with van der Waals surface area (Å²) in [5, 5.41) is 4.35. The molecule has 3 aromatic rings. The fourth-order valence-corrected chi connectivity index (χ4v) is 2.93. The number of hydrogen-bond acceptors (Lipinski definition) is 5. The Labute approximate surface area is 121 Å². The lowest BCUT2D eigenvalue weighted by Gasteiger charge is -2.10. The second kappa shape index (κ2) is 5.02. The fourth-order valence-electron chi connectivity index (χ4n) is 2.07. The molecule has 1 aromatic heterocycles. The van der Waals surface area contributed by atoms with E-state index in [0.29, 0.717) is 5.69 Å². The monoisotopic (exact) mass is 285 g/mol. The molecule has 4 nitrogen and oxygen atoms in total. The van der Waals surface area contributed by atoms with Gasteiger partial charge in [0, 0.05) is 11.8 Å². The number of ether oxygens (including phenoxy) is 1. The summed E-state index contributed by atoms with van der Waals surface area (Å²) in [6.07, 6.45) is 0. The van der Waals surface area contributed by atoms with Gasteiger partial charge in [-0.05, 0) is 31.2 Å². The van der Waals surface area contributed by atoms with Gasteiger partial charge >= 0.3 is 0 Å². The van der Waals surface area contributed by atoms with Crippen LogP contribution in [0.2, 0.25) is 0 Å². The molecule has 0 spiro atoms. The quantitative estimate of drug-likeness (QED) is 0.716. The Bertz CT molecular complexity index is 767. The average Bonchev–Trinajstić information content (AvgIpc) is 2.78. The van der Waals surface area contributed by atoms with Crippen molar-refractivity contribution in [3.8, 4) is 5.75 Å². The summed E-state index contributed by atoms with van der Waals surface area (Å²) in [6.45, 7) is 2.00. The van der Waals surface area contributed by atoms with E-state index < -0.39 is 0 Å². The molecule has 0 aliphatic heterocycles. The molecule has 3 N–H and O–H groups in total. The number of aromatic nitrogens is 1. The third kappa shape index (κ3) is 2.40. The number of nitrogens with zero attached hydrogens (tertiary/aromatic N) is 1. The molecule has 0 amide bonds. The highest BCUT2D eigenvalue weighted by atomic mass is 32.1. The van der Waals surface area contributed by atoms with Crippen molar-refractivity contribution in [1.82, 2.24) is 4.98 Å². The minimum absolute atomic E-state index is 0.712. The normalized spacial score (nSPS) is 10.7. The summed E-state index contributed by atoms with van der Waals surface area (Å²) in [5.41, 5.74) is 9.57. The number of rotatable bonds is 3. The third-order valence-corrected chi connectivity index (χ3v) is 3.95. The number of nitrogen functional groups attached to an aromatic ring is 1. The topological polar surface area (TPSA) is 60.2 Å². The Morgan fingerprint density at radius 2 is 2.10 bits per heavy atom. The van der Waals surface area contributed by atoms with Crippen LogP contribution in [0.25, 0.3) is 10.2 Å². The summed E-state index contributed by atoms with van der Waals surface area (Å²) in [6, 6.07) is 11.7. The number of aryl methyl sites for hydroxylation is 1. The van der Waals surface area contributed by atoms with E-state index in [-0.39, 0.29) is 0 Å². The van der Waals surface area contributed by atoms with Crippen LogP contribution in [0.5, 0.6) is 5.75 Å². The van der Waals surface area contributed by atoms with Crippen molar-refractivity contribution < 1.29 is 4.74 Å². The molecule has 5 heteroatoms. The summed E-state index contributed by atoms with van der Waals surface area (Å²) in [5.74, 6) is 0.805. The highest BCUT2D eigenvalue weighted by Gasteiger charge is 2.07. The molecule has 20 heavy (non-hydrogen) atoms. The molecule has 0 bridgehead atoms. The van der Waals surface area contributed by atoms with E-state index in [1.165, 1.54) is 0 Å². The van der Waals surface area contributed by atoms with Crippen molar-refractivity contribution in [1.29, 1.82) is 0 Å². The van der Waals surface area contributed by atoms with Gasteiger partial charge in [-0.2, -0.15) is 0 Å². The number of nitrogens with two attached hydrogens (primary N) is 1. The Hall–Kier alpha value is -2.27. The largest absolute Gasteiger partial charge is 0.497 e. The maximum absolute atomic E-state index is 6.10. The van der Waals surface area contributed by atoms with Gasteiger partial charge in [0.25, 0.3) is 0 Å². The molecule has 3 rings (SSSR count). The summed E-state index contributed by atoms with van der Waals surface area (Å²) < 4.78 is 6.32. The van der Waals surface area contributed by atoms with Crippen LogP contribution in [0, 0.1) is 6.92 Å². The Morgan fingerprint density at radius 1 is 1.25 bits per heavy atom. The predicted molar refractivity (Wildman–Crippen MR) is 85.0 cm³/mol. The van der Waals surface area contributed by atoms with Crippen LogP contribution in [0.3, 0.4) is 0 Å². The van der Waals surface area contributed by atoms with Gasteiger partial charge in [0.1, 0.15) is 5.75 Å². The SMILES string of the molecule is COc1cccc(Nc2cc3nc(C)sc3cc2N)c1. The van der Waals surface area contributed by atoms with Crippen LogP contribution in [0.15, 0.2) is 36.4 Å². The first-order chi connectivity index (χ1) is 9.65. The molecule has 0 fully saturated rings. The standard InChI is InChI=1S/C15H15N3OS/c1-9-17-14-8-13(12(16)7-15(14)20-9)18-10-4-3-5-11(6-10)19-2/h3-8,18H,16H2,1-2H3. The number of hydrogen-bond donors (Lipinski definition) is 2. The Balaban J connectivity index is 1.98. The second-order valence-electron chi connectivity index (χ2n) is 4.50. The molecule has 2 aromatic carbocycles. The van der Waals surface area contributed by atoms with E-state index in [9.17, 15) is 0 Å². The second-order valence-corrected chi connectivity index (χ2v) is 5.73. The maximum atomic E-state index is 6.10. The minimum Gasteiger partial charge on any atom is -0.497 e. The van der Waals surface area contributed by atoms with E-state index >= 15 is 0 Å². The fraction of sp³-hybridized carbons (Fsp3) is 0.133. The van der Waals surface area contributed by atoms with Crippen LogP contribution in [-0.2, 0) is 0 Å². The molecule has 0 unspecified atom stereocenters. The lowest BCUT2D eigenvalue weighted by atomic mass is 10.2. The summed E-state index contributed by atoms with van der Waals surface area (Å²) >= 11 is 1.65. The molecule has 102 valence electrons. The summed E-state index contributed by atoms with van der Waals surface area (Å²) in [4.78, 5) is 4.49. The number of benzene rings is 2. The minimum atomic E-state index is 0.712. The maximum Gasteiger partial charge on any atom is 0.120 e. The van der Waals surface area contributed by atoms with Crippen molar-refractivity contribution in [2.75, 3.05) is 18.2 Å². The number of methoxy groups -OCH3 is 1. The molecule has 0 atom stereocenters. The highest BCUT2D eigenvalue weighted by Crippen LogP contribution is 2.32. The first-order valence-electron chi connectivity index (χ1n) is 6.23. The van der Waals surface area contributed by atoms with Crippen LogP contribution in [0.1, 0.15) is 5.01 Å². The van der Waals surface area contributed by atoms with Gasteiger partial charge in [-0.1, -0.05) is 6.07 Å². The lowest BCUT2D eigenvalue weighted by Crippen LogP contribution is -1.96. The van der Waals surface area contributed by atoms with E-state index in [1.807, 2.05) is 43.3 Å². The van der Waals surface area contributed by atoms with E-state index in [0.717, 1.165) is 32.3 Å². The molecular weight excluding hydrogens is 270 g/mol. The van der Waals surface area contributed by atoms with Crippen LogP contribution >= 0.6 is 11.3 Å². The lowest BCUT2D eigenvalue weighted by molar-refractivity contribution is 0.415. The van der Waals surface area contributed by atoms with Crippen molar-refractivity contribution in [2.45, 2.75) is 6.92 Å². The molecule has 0 aliphatic rings. The van der Waals surface area contributed by atoms with Crippen LogP contribution in [-0.4, -0.2) is 12.1 Å². The van der Waals surface area contributed by atoms with Crippen molar-refractivity contribution in [3.05, 3.63) is 41.4 Å². The van der Waals surface area contributed by atoms with Gasteiger partial charge in [0.2, 0.25) is 0 Å². The Morgan fingerprint density at radius 3 is 2.90 bits per heavy atom. The molecule has 0 radical (unpaired) electrons. The third-order valence-electron chi connectivity index (χ3n) is 3.02. The number of anilines is 3. The van der Waals surface area contributed by atoms with Gasteiger partial charge in [-0.25, -0.2) is 4.98 Å². The molecular formula is C15H15N3OS. The van der Waals surface area contributed by atoms with Crippen LogP contribution in [0.4, 0.5) is 17.1 Å². The zero-order valence-corrected chi connectivity index (χ0v) is 12.1. The Kier molecular flexibility index (Phi) is 3.20. The van der Waals surface area contributed by atoms with E-state index in [2.05, 4.69) is 10.3 Å². The number of nitrogens with one attached hydrogen (secondary N) is 1. The zero-order valence-electron chi connectivity index (χ0n) is 11.3. The van der Waals surface area contributed by atoms with Crippen LogP contribution < -0.4 is 15.8 Å². The highest BCUT2D eigenvalue weighted by molar-refractivity contribution is 7.18. The van der Waals surface area contributed by atoms with Gasteiger partial charge in [-0.3, -0.25) is 0 Å². The van der Waals surface area contributed by atoms with Crippen molar-refractivity contribution in [2.24, 2.45) is 0 Å². The first-order valence-corrected chi connectivity index (χ1v) is 7.05. The smallest absolute Gasteiger partial charge is 0.120 e. The van der Waals surface area contributed by atoms with E-state index in [4.69, 9.17) is 10.5 Å². The molecule has 1 heterocycles. The number of thiazole rings is 1. The predicted octanol–water partition coefficient (Wildman–Crippen LogP) is 3.94. The van der Waals surface area contributed by atoms with Gasteiger partial charge in [0.05, 0.1) is 33.7 Å². The number of fused-ring (bicyclic) bond motifs is 1. The van der Waals surface area contributed by atoms with Crippen molar-refractivity contribution >= 4 is 38.6 Å².